The van der Waals surface area contributed by atoms with Crippen LogP contribution in [-0.2, 0) is 6.54 Å². The number of halogens is 2. The molecule has 0 fully saturated rings. The molecule has 11 heteroatoms. The fourth-order valence-electron chi connectivity index (χ4n) is 1.95. The number of fused-ring (bicyclic) bond motifs is 1. The Morgan fingerprint density at radius 2 is 2.08 bits per heavy atom. The maximum Gasteiger partial charge on any atom is 0.387 e. The minimum Gasteiger partial charge on any atom is -0.433 e. The molecule has 3 aromatic rings. The third-order valence-electron chi connectivity index (χ3n) is 3.00. The molecular formula is C13H10F2N6O3. The van der Waals surface area contributed by atoms with Crippen LogP contribution in [0.15, 0.2) is 36.7 Å². The number of ether oxygens (including phenoxy) is 1. The standard InChI is InChI=1S/C13H10F2N6O3/c14-13(15)24-9-2-1-8(16-6-9)5-17-10-3-4-11-18-7-12(21(22)23)20(11)19-10/h1-4,6-7,13H,5H2,(H,17,19). The average molecular weight is 336 g/mol. The molecule has 0 amide bonds. The molecule has 0 aliphatic rings. The van der Waals surface area contributed by atoms with E-state index in [1.807, 2.05) is 0 Å². The summed E-state index contributed by atoms with van der Waals surface area (Å²) in [6, 6.07) is 6.08. The van der Waals surface area contributed by atoms with Gasteiger partial charge in [0.2, 0.25) is 5.65 Å². The molecule has 0 saturated carbocycles. The van der Waals surface area contributed by atoms with Gasteiger partial charge in [-0.05, 0) is 23.1 Å². The van der Waals surface area contributed by atoms with Crippen LogP contribution >= 0.6 is 0 Å². The number of aromatic nitrogens is 4. The third-order valence-corrected chi connectivity index (χ3v) is 3.00. The van der Waals surface area contributed by atoms with E-state index in [1.165, 1.54) is 18.3 Å². The summed E-state index contributed by atoms with van der Waals surface area (Å²) in [6.07, 6.45) is 2.30. The van der Waals surface area contributed by atoms with Gasteiger partial charge in [-0.1, -0.05) is 9.61 Å². The summed E-state index contributed by atoms with van der Waals surface area (Å²) >= 11 is 0. The van der Waals surface area contributed by atoms with Crippen molar-refractivity contribution in [3.8, 4) is 5.75 Å². The van der Waals surface area contributed by atoms with Crippen LogP contribution in [-0.4, -0.2) is 31.1 Å². The zero-order chi connectivity index (χ0) is 17.1. The molecule has 0 atom stereocenters. The molecule has 0 aliphatic carbocycles. The molecule has 9 nitrogen and oxygen atoms in total. The fraction of sp³-hybridized carbons (Fsp3) is 0.154. The number of pyridine rings is 1. The van der Waals surface area contributed by atoms with E-state index in [9.17, 15) is 18.9 Å². The van der Waals surface area contributed by atoms with Crippen molar-refractivity contribution in [2.75, 3.05) is 5.32 Å². The number of nitrogens with one attached hydrogen (secondary N) is 1. The third kappa shape index (κ3) is 3.34. The average Bonchev–Trinajstić information content (AvgIpc) is 2.97. The SMILES string of the molecule is O=[N+]([O-])c1cnc2ccc(NCc3ccc(OC(F)F)cn3)nn12. The molecule has 0 unspecified atom stereocenters. The van der Waals surface area contributed by atoms with Crippen molar-refractivity contribution in [2.45, 2.75) is 13.2 Å². The number of hydrogen-bond donors (Lipinski definition) is 1. The lowest BCUT2D eigenvalue weighted by Crippen LogP contribution is -2.07. The summed E-state index contributed by atoms with van der Waals surface area (Å²) in [6.45, 7) is -2.66. The molecule has 3 heterocycles. The predicted octanol–water partition coefficient (Wildman–Crippen LogP) is 2.25. The Bertz CT molecular complexity index is 868. The van der Waals surface area contributed by atoms with Gasteiger partial charge in [-0.25, -0.2) is 4.98 Å². The minimum atomic E-state index is -2.90. The van der Waals surface area contributed by atoms with Crippen molar-refractivity contribution in [3.05, 3.63) is 52.5 Å². The highest BCUT2D eigenvalue weighted by Crippen LogP contribution is 2.16. The van der Waals surface area contributed by atoms with E-state index in [0.29, 0.717) is 17.2 Å². The molecule has 0 aliphatic heterocycles. The van der Waals surface area contributed by atoms with E-state index in [-0.39, 0.29) is 18.1 Å². The zero-order valence-corrected chi connectivity index (χ0v) is 12.0. The second-order valence-electron chi connectivity index (χ2n) is 4.58. The van der Waals surface area contributed by atoms with E-state index >= 15 is 0 Å². The van der Waals surface area contributed by atoms with Crippen LogP contribution in [0.25, 0.3) is 5.65 Å². The predicted molar refractivity (Wildman–Crippen MR) is 77.8 cm³/mol. The van der Waals surface area contributed by atoms with Crippen LogP contribution in [0, 0.1) is 10.1 Å². The molecule has 0 saturated heterocycles. The van der Waals surface area contributed by atoms with Crippen molar-refractivity contribution in [1.82, 2.24) is 19.6 Å². The second-order valence-corrected chi connectivity index (χ2v) is 4.58. The summed E-state index contributed by atoms with van der Waals surface area (Å²) < 4.78 is 29.4. The highest BCUT2D eigenvalue weighted by Gasteiger charge is 2.15. The minimum absolute atomic E-state index is 0.0395. The Morgan fingerprint density at radius 3 is 2.75 bits per heavy atom. The first-order chi connectivity index (χ1) is 11.5. The van der Waals surface area contributed by atoms with Crippen LogP contribution in [0.2, 0.25) is 0 Å². The van der Waals surface area contributed by atoms with Crippen molar-refractivity contribution in [3.63, 3.8) is 0 Å². The molecule has 3 rings (SSSR count). The van der Waals surface area contributed by atoms with Crippen molar-refractivity contribution < 1.29 is 18.4 Å². The topological polar surface area (TPSA) is 107 Å². The molecule has 124 valence electrons. The normalized spacial score (nSPS) is 11.0. The second kappa shape index (κ2) is 6.40. The van der Waals surface area contributed by atoms with Gasteiger partial charge in [-0.3, -0.25) is 4.98 Å². The Hall–Kier alpha value is -3.37. The number of nitro groups is 1. The molecule has 1 N–H and O–H groups in total. The molecule has 0 radical (unpaired) electrons. The summed E-state index contributed by atoms with van der Waals surface area (Å²) in [5, 5.41) is 17.9. The van der Waals surface area contributed by atoms with Crippen molar-refractivity contribution >= 4 is 17.3 Å². The van der Waals surface area contributed by atoms with Crippen molar-refractivity contribution in [2.24, 2.45) is 0 Å². The molecule has 0 spiro atoms. The van der Waals surface area contributed by atoms with Crippen molar-refractivity contribution in [1.29, 1.82) is 0 Å². The summed E-state index contributed by atoms with van der Waals surface area (Å²) in [7, 11) is 0. The Morgan fingerprint density at radius 1 is 1.25 bits per heavy atom. The van der Waals surface area contributed by atoms with Gasteiger partial charge in [0.05, 0.1) is 18.4 Å². The lowest BCUT2D eigenvalue weighted by molar-refractivity contribution is -0.391. The Labute approximate surface area is 133 Å². The van der Waals surface area contributed by atoms with Gasteiger partial charge in [-0.15, -0.1) is 0 Å². The number of imidazole rings is 1. The quantitative estimate of drug-likeness (QED) is 0.543. The number of nitrogens with zero attached hydrogens (tertiary/aromatic N) is 5. The fourth-order valence-corrected chi connectivity index (χ4v) is 1.95. The lowest BCUT2D eigenvalue weighted by atomic mass is 10.3. The smallest absolute Gasteiger partial charge is 0.387 e. The summed E-state index contributed by atoms with van der Waals surface area (Å²) in [5.74, 6) is 0.0842. The number of anilines is 1. The maximum atomic E-state index is 12.1. The van der Waals surface area contributed by atoms with Gasteiger partial charge >= 0.3 is 12.4 Å². The molecule has 24 heavy (non-hydrogen) atoms. The first kappa shape index (κ1) is 15.5. The van der Waals surface area contributed by atoms with Crippen LogP contribution in [0.1, 0.15) is 5.69 Å². The van der Waals surface area contributed by atoms with Gasteiger partial charge in [0, 0.05) is 6.07 Å². The van der Waals surface area contributed by atoms with E-state index in [0.717, 1.165) is 10.7 Å². The van der Waals surface area contributed by atoms with Crippen LogP contribution < -0.4 is 10.1 Å². The van der Waals surface area contributed by atoms with E-state index in [2.05, 4.69) is 25.1 Å². The number of alkyl halides is 2. The monoisotopic (exact) mass is 336 g/mol. The maximum absolute atomic E-state index is 12.1. The summed E-state index contributed by atoms with van der Waals surface area (Å²) in [4.78, 5) is 18.1. The molecule has 0 bridgehead atoms. The molecule has 0 aromatic carbocycles. The van der Waals surface area contributed by atoms with Crippen LogP contribution in [0.4, 0.5) is 20.4 Å². The highest BCUT2D eigenvalue weighted by atomic mass is 19.3. The number of hydrogen-bond acceptors (Lipinski definition) is 7. The first-order valence-electron chi connectivity index (χ1n) is 6.66. The van der Waals surface area contributed by atoms with Gasteiger partial charge in [0.1, 0.15) is 11.9 Å². The molecular weight excluding hydrogens is 326 g/mol. The largest absolute Gasteiger partial charge is 0.433 e. The highest BCUT2D eigenvalue weighted by molar-refractivity contribution is 5.48. The van der Waals surface area contributed by atoms with E-state index in [4.69, 9.17) is 0 Å². The zero-order valence-electron chi connectivity index (χ0n) is 12.0. The van der Waals surface area contributed by atoms with E-state index in [1.54, 1.807) is 12.1 Å². The van der Waals surface area contributed by atoms with Gasteiger partial charge in [0.15, 0.2) is 5.82 Å². The van der Waals surface area contributed by atoms with Gasteiger partial charge < -0.3 is 20.2 Å². The lowest BCUT2D eigenvalue weighted by Gasteiger charge is -2.06. The summed E-state index contributed by atoms with van der Waals surface area (Å²) in [5.41, 5.74) is 0.900. The van der Waals surface area contributed by atoms with Gasteiger partial charge in [-0.2, -0.15) is 8.78 Å². The van der Waals surface area contributed by atoms with E-state index < -0.39 is 11.5 Å². The number of rotatable bonds is 6. The Kier molecular flexibility index (Phi) is 4.14. The molecule has 3 aromatic heterocycles. The van der Waals surface area contributed by atoms with Crippen LogP contribution in [0.5, 0.6) is 5.75 Å². The Balaban J connectivity index is 1.71. The first-order valence-corrected chi connectivity index (χ1v) is 6.66. The van der Waals surface area contributed by atoms with Crippen LogP contribution in [0.3, 0.4) is 0 Å². The van der Waals surface area contributed by atoms with Gasteiger partial charge in [0.25, 0.3) is 0 Å².